The van der Waals surface area contributed by atoms with Crippen molar-refractivity contribution in [1.29, 1.82) is 0 Å². The number of nitrogens with zero attached hydrogens (tertiary/aromatic N) is 3. The molecule has 3 aromatic heterocycles. The number of anilines is 1. The predicted octanol–water partition coefficient (Wildman–Crippen LogP) is 3.66. The minimum absolute atomic E-state index is 0.00923. The van der Waals surface area contributed by atoms with Crippen LogP contribution in [0.1, 0.15) is 46.2 Å². The van der Waals surface area contributed by atoms with E-state index in [2.05, 4.69) is 20.1 Å². The Morgan fingerprint density at radius 1 is 1.27 bits per heavy atom. The summed E-state index contributed by atoms with van der Waals surface area (Å²) < 4.78 is 26.6. The average Bonchev–Trinajstić information content (AvgIpc) is 3.30. The molecule has 1 atom stereocenters. The van der Waals surface area contributed by atoms with E-state index in [1.54, 1.807) is 31.3 Å². The summed E-state index contributed by atoms with van der Waals surface area (Å²) in [6, 6.07) is 6.66. The number of carbonyl (C=O) groups is 1. The zero-order chi connectivity index (χ0) is 26.3. The van der Waals surface area contributed by atoms with Gasteiger partial charge in [0.1, 0.15) is 28.3 Å². The topological polar surface area (TPSA) is 128 Å². The van der Waals surface area contributed by atoms with Crippen LogP contribution in [0.15, 0.2) is 45.9 Å². The number of nitrogens with one attached hydrogen (secondary N) is 2. The summed E-state index contributed by atoms with van der Waals surface area (Å²) in [5, 5.41) is 8.26. The molecule has 0 spiro atoms. The van der Waals surface area contributed by atoms with Crippen molar-refractivity contribution in [1.82, 2.24) is 19.5 Å². The molecule has 37 heavy (non-hydrogen) atoms. The highest BCUT2D eigenvalue weighted by atomic mass is 35.5. The van der Waals surface area contributed by atoms with Crippen LogP contribution >= 0.6 is 11.6 Å². The van der Waals surface area contributed by atoms with Gasteiger partial charge in [-0.25, -0.2) is 9.19 Å². The zero-order valence-corrected chi connectivity index (χ0v) is 21.9. The molecule has 0 radical (unpaired) electrons. The molecule has 1 aliphatic rings. The van der Waals surface area contributed by atoms with Gasteiger partial charge in [0.15, 0.2) is 11.1 Å². The fourth-order valence-electron chi connectivity index (χ4n) is 4.33. The number of benzene rings is 1. The molecule has 0 bridgehead atoms. The summed E-state index contributed by atoms with van der Waals surface area (Å²) in [6.07, 6.45) is 3.55. The quantitative estimate of drug-likeness (QED) is 0.239. The first-order valence-corrected chi connectivity index (χ1v) is 12.7. The third-order valence-corrected chi connectivity index (χ3v) is 6.82. The molecule has 0 saturated carbocycles. The van der Waals surface area contributed by atoms with Crippen LogP contribution in [0, 0.1) is 13.8 Å². The van der Waals surface area contributed by atoms with E-state index in [1.807, 2.05) is 30.8 Å². The van der Waals surface area contributed by atoms with E-state index in [9.17, 15) is 13.8 Å². The molecular formula is C25H24ClN5O5S. The third kappa shape index (κ3) is 4.77. The summed E-state index contributed by atoms with van der Waals surface area (Å²) in [7, 11) is 0. The maximum absolute atomic E-state index is 13.4. The molecule has 1 fully saturated rings. The summed E-state index contributed by atoms with van der Waals surface area (Å²) in [4.78, 5) is 29.9. The fourth-order valence-corrected chi connectivity index (χ4v) is 4.66. The van der Waals surface area contributed by atoms with Crippen LogP contribution in [0.2, 0.25) is 5.15 Å². The Morgan fingerprint density at radius 2 is 2.05 bits per heavy atom. The largest absolute Gasteiger partial charge is 0.455 e. The van der Waals surface area contributed by atoms with Crippen LogP contribution < -0.4 is 15.5 Å². The van der Waals surface area contributed by atoms with Gasteiger partial charge in [-0.2, -0.15) is 5.10 Å². The zero-order valence-electron chi connectivity index (χ0n) is 20.2. The smallest absolute Gasteiger partial charge is 0.283 e. The van der Waals surface area contributed by atoms with Crippen molar-refractivity contribution >= 4 is 46.0 Å². The van der Waals surface area contributed by atoms with Gasteiger partial charge in [0.2, 0.25) is 0 Å². The monoisotopic (exact) mass is 541 g/mol. The van der Waals surface area contributed by atoms with Gasteiger partial charge in [0.25, 0.3) is 5.91 Å². The molecule has 5 rings (SSSR count). The molecule has 2 N–H and O–H groups in total. The molecule has 4 aromatic rings. The predicted molar refractivity (Wildman–Crippen MR) is 141 cm³/mol. The van der Waals surface area contributed by atoms with Crippen LogP contribution in [0.25, 0.3) is 22.3 Å². The summed E-state index contributed by atoms with van der Waals surface area (Å²) >= 11 is 5.44. The first kappa shape index (κ1) is 25.1. The number of hydrogen-bond donors (Lipinski definition) is 3. The Hall–Kier alpha value is -3.54. The maximum Gasteiger partial charge on any atom is 0.283 e. The van der Waals surface area contributed by atoms with E-state index in [0.717, 1.165) is 11.1 Å². The van der Waals surface area contributed by atoms with Crippen molar-refractivity contribution in [2.24, 2.45) is 0 Å². The highest BCUT2D eigenvalue weighted by Gasteiger charge is 2.24. The van der Waals surface area contributed by atoms with Crippen LogP contribution in [-0.4, -0.2) is 38.1 Å². The third-order valence-electron chi connectivity index (χ3n) is 6.31. The number of hydrogen-bond acceptors (Lipinski definition) is 8. The van der Waals surface area contributed by atoms with Crippen molar-refractivity contribution in [3.05, 3.63) is 74.4 Å². The molecule has 1 saturated heterocycles. The van der Waals surface area contributed by atoms with Crippen LogP contribution in [0.5, 0.6) is 0 Å². The molecule has 12 heteroatoms. The van der Waals surface area contributed by atoms with Gasteiger partial charge < -0.3 is 14.5 Å². The van der Waals surface area contributed by atoms with E-state index in [4.69, 9.17) is 20.8 Å². The molecule has 4 heterocycles. The lowest BCUT2D eigenvalue weighted by Crippen LogP contribution is -2.30. The highest BCUT2D eigenvalue weighted by Crippen LogP contribution is 2.33. The number of pyridine rings is 1. The van der Waals surface area contributed by atoms with Gasteiger partial charge in [0.05, 0.1) is 48.1 Å². The summed E-state index contributed by atoms with van der Waals surface area (Å²) in [5.74, 6) is -0.203. The Morgan fingerprint density at radius 3 is 2.76 bits per heavy atom. The Labute approximate surface area is 220 Å². The van der Waals surface area contributed by atoms with Gasteiger partial charge >= 0.3 is 0 Å². The molecule has 0 aliphatic carbocycles. The number of halogens is 1. The van der Waals surface area contributed by atoms with Gasteiger partial charge in [-0.05, 0) is 44.5 Å². The average molecular weight is 542 g/mol. The van der Waals surface area contributed by atoms with E-state index in [-0.39, 0.29) is 22.3 Å². The van der Waals surface area contributed by atoms with Crippen molar-refractivity contribution in [3.8, 4) is 11.3 Å². The van der Waals surface area contributed by atoms with Gasteiger partial charge in [-0.3, -0.25) is 19.0 Å². The Balaban J connectivity index is 1.59. The number of thiol groups is 1. The lowest BCUT2D eigenvalue weighted by Gasteiger charge is -2.25. The van der Waals surface area contributed by atoms with Crippen LogP contribution in [0.4, 0.5) is 5.69 Å². The van der Waals surface area contributed by atoms with E-state index in [0.29, 0.717) is 46.8 Å². The van der Waals surface area contributed by atoms with Crippen LogP contribution in [0.3, 0.4) is 0 Å². The number of rotatable bonds is 7. The molecule has 1 aromatic carbocycles. The number of carbonyl (C=O) groups excluding carboxylic acids is 1. The molecule has 1 amide bonds. The minimum Gasteiger partial charge on any atom is -0.455 e. The summed E-state index contributed by atoms with van der Waals surface area (Å²) in [6.45, 7) is 6.72. The second kappa shape index (κ2) is 10.1. The van der Waals surface area contributed by atoms with E-state index >= 15 is 0 Å². The molecular weight excluding hydrogens is 518 g/mol. The summed E-state index contributed by atoms with van der Waals surface area (Å²) in [5.41, 5.74) is 3.47. The molecule has 10 nitrogen and oxygen atoms in total. The van der Waals surface area contributed by atoms with Crippen molar-refractivity contribution in [2.45, 2.75) is 32.9 Å². The normalized spacial score (nSPS) is 14.4. The lowest BCUT2D eigenvalue weighted by molar-refractivity contribution is -0.0286. The number of aromatic nitrogens is 3. The van der Waals surface area contributed by atoms with Crippen LogP contribution in [-0.2, 0) is 16.6 Å². The van der Waals surface area contributed by atoms with Gasteiger partial charge in [-0.1, -0.05) is 17.7 Å². The first-order chi connectivity index (χ1) is 17.8. The highest BCUT2D eigenvalue weighted by molar-refractivity contribution is 7.64. The molecule has 0 unspecified atom stereocenters. The Bertz CT molecular complexity index is 1600. The van der Waals surface area contributed by atoms with Crippen molar-refractivity contribution < 1.29 is 18.2 Å². The van der Waals surface area contributed by atoms with Crippen molar-refractivity contribution in [3.63, 3.8) is 0 Å². The van der Waals surface area contributed by atoms with E-state index in [1.165, 1.54) is 0 Å². The lowest BCUT2D eigenvalue weighted by atomic mass is 9.99. The minimum atomic E-state index is -0.652. The number of aryl methyl sites for hydroxylation is 1. The van der Waals surface area contributed by atoms with E-state index < -0.39 is 23.8 Å². The SMILES string of the molecule is Cc1cc([C@@H](C)Nc2ccc(Cl)nc2C(=O)N[SH]=O)c2oc(-c3cnn(C4COC4)c3)c(C)c(=O)c2c1. The maximum atomic E-state index is 13.4. The number of amides is 1. The van der Waals surface area contributed by atoms with Gasteiger partial charge in [-0.15, -0.1) is 0 Å². The second-order valence-electron chi connectivity index (χ2n) is 8.94. The standard InChI is InChI=1S/C25H24ClN5O5S/c1-12-6-17(14(3)28-19-4-5-20(26)29-21(19)25(33)30-37-34)24-18(7-12)22(32)13(2)23(36-24)15-8-27-31(9-15)16-10-35-11-16/h4-9,14,16,28,37H,10-11H2,1-3H3,(H,30,33,34)/t14-/m1/s1. The molecule has 1 aliphatic heterocycles. The number of fused-ring (bicyclic) bond motifs is 1. The fraction of sp³-hybridized carbons (Fsp3) is 0.280. The van der Waals surface area contributed by atoms with Crippen molar-refractivity contribution in [2.75, 3.05) is 18.5 Å². The molecule has 192 valence electrons. The second-order valence-corrected chi connectivity index (χ2v) is 9.74. The number of ether oxygens (including phenoxy) is 1. The Kier molecular flexibility index (Phi) is 6.84. The van der Waals surface area contributed by atoms with Gasteiger partial charge in [0, 0.05) is 17.3 Å². The first-order valence-electron chi connectivity index (χ1n) is 11.5.